The largest absolute Gasteiger partial charge is 0.346 e. The average Bonchev–Trinajstić information content (AvgIpc) is 3.68. The number of carbonyl (C=O) groups is 5. The molecule has 5 amide bonds. The number of fused-ring (bicyclic) bond motifs is 2. The molecule has 12 nitrogen and oxygen atoms in total. The highest BCUT2D eigenvalue weighted by Crippen LogP contribution is 2.66. The van der Waals surface area contributed by atoms with Gasteiger partial charge in [-0.25, -0.2) is 13.2 Å². The summed E-state index contributed by atoms with van der Waals surface area (Å²) in [6, 6.07) is -3.60. The Balaban J connectivity index is 1.44. The number of hydrogen-bond acceptors (Lipinski definition) is 7. The molecule has 0 aromatic heterocycles. The van der Waals surface area contributed by atoms with Gasteiger partial charge in [0.1, 0.15) is 12.1 Å². The number of sulfone groups is 1. The van der Waals surface area contributed by atoms with Crippen LogP contribution in [-0.4, -0.2) is 90.1 Å². The molecule has 5 aliphatic rings. The van der Waals surface area contributed by atoms with Gasteiger partial charge < -0.3 is 26.2 Å². The summed E-state index contributed by atoms with van der Waals surface area (Å²) >= 11 is 0. The van der Waals surface area contributed by atoms with Gasteiger partial charge in [0.05, 0.1) is 22.1 Å². The van der Waals surface area contributed by atoms with Gasteiger partial charge in [-0.2, -0.15) is 0 Å². The maximum Gasteiger partial charge on any atom is 0.315 e. The van der Waals surface area contributed by atoms with E-state index in [-0.39, 0.29) is 48.3 Å². The summed E-state index contributed by atoms with van der Waals surface area (Å²) in [5.41, 5.74) is -1.48. The molecule has 5 fully saturated rings. The summed E-state index contributed by atoms with van der Waals surface area (Å²) in [5, 5.41) is 11.5. The quantitative estimate of drug-likeness (QED) is 0.116. The van der Waals surface area contributed by atoms with Crippen LogP contribution in [0.1, 0.15) is 130 Å². The molecule has 4 saturated carbocycles. The zero-order valence-electron chi connectivity index (χ0n) is 32.9. The van der Waals surface area contributed by atoms with Crippen molar-refractivity contribution in [2.75, 3.05) is 18.8 Å². The first-order valence-corrected chi connectivity index (χ1v) is 21.8. The number of hydrogen-bond donors (Lipinski definition) is 4. The van der Waals surface area contributed by atoms with Crippen LogP contribution in [0.2, 0.25) is 0 Å². The van der Waals surface area contributed by atoms with Crippen molar-refractivity contribution in [2.24, 2.45) is 22.7 Å². The fraction of sp³-hybridized carbons (Fsp3) is 0.780. The van der Waals surface area contributed by atoms with Crippen LogP contribution in [0, 0.1) is 35.0 Å². The van der Waals surface area contributed by atoms with Gasteiger partial charge in [-0.1, -0.05) is 51.5 Å². The van der Waals surface area contributed by atoms with Crippen LogP contribution in [-0.2, 0) is 29.0 Å². The Hall–Kier alpha value is -3.40. The second-order valence-electron chi connectivity index (χ2n) is 18.2. The molecular formula is C41H63N5O7S. The van der Waals surface area contributed by atoms with E-state index in [1.807, 2.05) is 6.92 Å². The number of nitrogens with zero attached hydrogens (tertiary/aromatic N) is 1. The minimum absolute atomic E-state index is 0.0659. The van der Waals surface area contributed by atoms with E-state index >= 15 is 4.79 Å². The Kier molecular flexibility index (Phi) is 12.7. The lowest BCUT2D eigenvalue weighted by molar-refractivity contribution is -0.145. The predicted octanol–water partition coefficient (Wildman–Crippen LogP) is 4.33. The molecule has 0 bridgehead atoms. The Morgan fingerprint density at radius 2 is 1.57 bits per heavy atom. The summed E-state index contributed by atoms with van der Waals surface area (Å²) in [7, 11) is -3.58. The van der Waals surface area contributed by atoms with E-state index in [0.717, 1.165) is 64.2 Å². The van der Waals surface area contributed by atoms with E-state index in [9.17, 15) is 27.6 Å². The van der Waals surface area contributed by atoms with Crippen molar-refractivity contribution >= 4 is 39.4 Å². The molecule has 5 rings (SSSR count). The predicted molar refractivity (Wildman–Crippen MR) is 208 cm³/mol. The van der Waals surface area contributed by atoms with Gasteiger partial charge in [-0.05, 0) is 101 Å². The van der Waals surface area contributed by atoms with Crippen LogP contribution >= 0.6 is 0 Å². The van der Waals surface area contributed by atoms with Gasteiger partial charge in [0.25, 0.3) is 5.91 Å². The van der Waals surface area contributed by atoms with E-state index in [1.165, 1.54) is 6.08 Å². The molecule has 5 atom stereocenters. The molecule has 1 spiro atoms. The van der Waals surface area contributed by atoms with Crippen LogP contribution in [0.3, 0.4) is 0 Å². The first-order valence-electron chi connectivity index (χ1n) is 20.2. The number of ketones is 1. The molecule has 4 N–H and O–H groups in total. The summed E-state index contributed by atoms with van der Waals surface area (Å²) in [6.45, 7) is 11.1. The first-order chi connectivity index (χ1) is 25.4. The molecule has 0 aromatic rings. The van der Waals surface area contributed by atoms with E-state index in [4.69, 9.17) is 6.42 Å². The first kappa shape index (κ1) is 41.8. The molecule has 0 aromatic carbocycles. The molecule has 4 aliphatic carbocycles. The van der Waals surface area contributed by atoms with Crippen molar-refractivity contribution in [3.63, 3.8) is 0 Å². The summed E-state index contributed by atoms with van der Waals surface area (Å²) < 4.78 is 26.0. The number of likely N-dealkylation sites (tertiary alicyclic amines) is 1. The molecule has 1 heterocycles. The molecule has 1 unspecified atom stereocenters. The molecule has 1 saturated heterocycles. The fourth-order valence-corrected chi connectivity index (χ4v) is 11.5. The summed E-state index contributed by atoms with van der Waals surface area (Å²) in [6.07, 6.45) is 18.8. The summed E-state index contributed by atoms with van der Waals surface area (Å²) in [5.74, 6) is -0.206. The van der Waals surface area contributed by atoms with Crippen molar-refractivity contribution < 1.29 is 32.4 Å². The third-order valence-electron chi connectivity index (χ3n) is 13.5. The highest BCUT2D eigenvalue weighted by atomic mass is 32.2. The lowest BCUT2D eigenvalue weighted by atomic mass is 9.70. The molecule has 0 radical (unpaired) electrons. The second kappa shape index (κ2) is 16.4. The SMILES string of the molecule is C#CCCC(NC(=O)[C@@H]1[C@H]2CCC3(CC3)[C@H]2CN1C(=O)[C@@H](NC(=O)NC1(CS(=O)(=O)C(C)(C)C)CCCCC1)C1(C)CCCCC1)C(=O)C(=O)NCC=C. The highest BCUT2D eigenvalue weighted by Gasteiger charge is 2.64. The van der Waals surface area contributed by atoms with Gasteiger partial charge in [0, 0.05) is 19.5 Å². The third-order valence-corrected chi connectivity index (χ3v) is 16.3. The Morgan fingerprint density at radius 1 is 0.944 bits per heavy atom. The van der Waals surface area contributed by atoms with Gasteiger partial charge in [0.15, 0.2) is 9.84 Å². The van der Waals surface area contributed by atoms with Crippen molar-refractivity contribution in [3.05, 3.63) is 12.7 Å². The third kappa shape index (κ3) is 8.84. The molecule has 54 heavy (non-hydrogen) atoms. The van der Waals surface area contributed by atoms with Crippen LogP contribution in [0.4, 0.5) is 4.79 Å². The number of terminal acetylenes is 1. The number of nitrogens with one attached hydrogen (secondary N) is 4. The van der Waals surface area contributed by atoms with E-state index in [1.54, 1.807) is 25.7 Å². The Morgan fingerprint density at radius 3 is 2.15 bits per heavy atom. The zero-order valence-corrected chi connectivity index (χ0v) is 33.7. The second-order valence-corrected chi connectivity index (χ2v) is 21.0. The van der Waals surface area contributed by atoms with Gasteiger partial charge in [-0.3, -0.25) is 19.2 Å². The summed E-state index contributed by atoms with van der Waals surface area (Å²) in [4.78, 5) is 71.4. The number of Topliss-reactive ketones (excluding diaryl/α,β-unsaturated/α-hetero) is 1. The highest BCUT2D eigenvalue weighted by molar-refractivity contribution is 7.92. The normalized spacial score (nSPS) is 26.4. The van der Waals surface area contributed by atoms with Crippen LogP contribution in [0.15, 0.2) is 12.7 Å². The lowest BCUT2D eigenvalue weighted by Gasteiger charge is -2.44. The number of urea groups is 1. The zero-order chi connectivity index (χ0) is 39.5. The smallest absolute Gasteiger partial charge is 0.315 e. The molecule has 13 heteroatoms. The van der Waals surface area contributed by atoms with Gasteiger partial charge in [-0.15, -0.1) is 18.9 Å². The molecule has 300 valence electrons. The van der Waals surface area contributed by atoms with Crippen molar-refractivity contribution in [3.8, 4) is 12.3 Å². The minimum atomic E-state index is -3.58. The van der Waals surface area contributed by atoms with Crippen molar-refractivity contribution in [1.29, 1.82) is 0 Å². The Bertz CT molecular complexity index is 1610. The average molecular weight is 770 g/mol. The Labute approximate surface area is 322 Å². The molecule has 1 aliphatic heterocycles. The van der Waals surface area contributed by atoms with Crippen molar-refractivity contribution in [1.82, 2.24) is 26.2 Å². The monoisotopic (exact) mass is 769 g/mol. The topological polar surface area (TPSA) is 171 Å². The minimum Gasteiger partial charge on any atom is -0.346 e. The maximum atomic E-state index is 15.2. The lowest BCUT2D eigenvalue weighted by Crippen LogP contribution is -2.64. The van der Waals surface area contributed by atoms with Gasteiger partial charge >= 0.3 is 6.03 Å². The molecular weight excluding hydrogens is 707 g/mol. The maximum absolute atomic E-state index is 15.2. The fourth-order valence-electron chi connectivity index (χ4n) is 9.94. The van der Waals surface area contributed by atoms with Crippen LogP contribution in [0.25, 0.3) is 0 Å². The number of carbonyl (C=O) groups excluding carboxylic acids is 5. The number of amides is 5. The van der Waals surface area contributed by atoms with E-state index in [0.29, 0.717) is 32.2 Å². The number of rotatable bonds is 14. The standard InChI is InChI=1S/C41H63N5O7S/c1-7-9-16-30(32(47)35(49)42-25-8-2)43-34(48)31-28-17-22-40(23-24-40)29(28)26-46(31)36(50)33(39(6)18-12-10-13-19-39)44-37(51)45-41(20-14-11-15-21-41)27-54(52,53)38(3,4)5/h1,8,28-31,33H,2,9-27H2,3-6H3,(H,42,49)(H,43,48)(H2,44,45,51)/t28-,29-,30?,31-,33+/m0/s1. The van der Waals surface area contributed by atoms with Crippen LogP contribution < -0.4 is 21.3 Å². The van der Waals surface area contributed by atoms with E-state index in [2.05, 4.69) is 33.8 Å². The van der Waals surface area contributed by atoms with Gasteiger partial charge in [0.2, 0.25) is 17.6 Å². The van der Waals surface area contributed by atoms with Crippen molar-refractivity contribution in [2.45, 2.75) is 159 Å². The van der Waals surface area contributed by atoms with Crippen LogP contribution in [0.5, 0.6) is 0 Å². The van der Waals surface area contributed by atoms with E-state index < -0.39 is 67.3 Å².